The van der Waals surface area contributed by atoms with Crippen molar-refractivity contribution in [3.05, 3.63) is 12.7 Å². The van der Waals surface area contributed by atoms with Crippen molar-refractivity contribution >= 4 is 10.1 Å². The van der Waals surface area contributed by atoms with Gasteiger partial charge in [-0.25, -0.2) is 8.42 Å². The van der Waals surface area contributed by atoms with Crippen molar-refractivity contribution in [3.63, 3.8) is 0 Å². The molecule has 0 fully saturated rings. The maximum atomic E-state index is 10.1. The molecule has 12 heavy (non-hydrogen) atoms. The average Bonchev–Trinajstić information content (AvgIpc) is 1.83. The Bertz CT molecular complexity index is 215. The summed E-state index contributed by atoms with van der Waals surface area (Å²) in [6.45, 7) is 4.33. The summed E-state index contributed by atoms with van der Waals surface area (Å²) >= 11 is 0. The maximum Gasteiger partial charge on any atom is 1.00 e. The first-order valence-electron chi connectivity index (χ1n) is 3.18. The van der Waals surface area contributed by atoms with E-state index in [1.165, 1.54) is 0 Å². The van der Waals surface area contributed by atoms with E-state index in [4.69, 9.17) is 0 Å². The smallest absolute Gasteiger partial charge is 0.748 e. The van der Waals surface area contributed by atoms with Gasteiger partial charge in [-0.2, -0.15) is 0 Å². The van der Waals surface area contributed by atoms with Crippen molar-refractivity contribution in [1.82, 2.24) is 4.90 Å². The van der Waals surface area contributed by atoms with Crippen LogP contribution in [0.15, 0.2) is 12.7 Å². The van der Waals surface area contributed by atoms with Gasteiger partial charge in [0.25, 0.3) is 0 Å². The second-order valence-corrected chi connectivity index (χ2v) is 3.84. The van der Waals surface area contributed by atoms with Crippen molar-refractivity contribution in [1.29, 1.82) is 0 Å². The van der Waals surface area contributed by atoms with Crippen molar-refractivity contribution in [2.24, 2.45) is 0 Å². The zero-order valence-corrected chi connectivity index (χ0v) is 10.3. The summed E-state index contributed by atoms with van der Waals surface area (Å²) in [6, 6.07) is 0. The van der Waals surface area contributed by atoms with Crippen LogP contribution in [0.2, 0.25) is 0 Å². The number of hydrogen-bond donors (Lipinski definition) is 0. The normalized spacial score (nSPS) is 10.9. The van der Waals surface area contributed by atoms with Crippen molar-refractivity contribution in [2.75, 3.05) is 25.9 Å². The molecule has 0 spiro atoms. The van der Waals surface area contributed by atoms with E-state index in [-0.39, 0.29) is 41.9 Å². The van der Waals surface area contributed by atoms with E-state index in [0.717, 1.165) is 0 Å². The molecule has 66 valence electrons. The summed E-state index contributed by atoms with van der Waals surface area (Å²) in [7, 11) is -2.33. The van der Waals surface area contributed by atoms with Crippen LogP contribution in [0.25, 0.3) is 0 Å². The zero-order valence-electron chi connectivity index (χ0n) is 7.49. The van der Waals surface area contributed by atoms with Crippen molar-refractivity contribution in [2.45, 2.75) is 0 Å². The SMILES string of the molecule is C=CCN(C)CCS(=O)(=O)[O-].[Na+]. The fourth-order valence-corrected chi connectivity index (χ4v) is 1.11. The van der Waals surface area contributed by atoms with Crippen LogP contribution in [0.1, 0.15) is 0 Å². The molecule has 0 aromatic rings. The predicted molar refractivity (Wildman–Crippen MR) is 42.3 cm³/mol. The van der Waals surface area contributed by atoms with E-state index in [9.17, 15) is 13.0 Å². The number of rotatable bonds is 5. The molecule has 0 aromatic heterocycles. The van der Waals surface area contributed by atoms with E-state index < -0.39 is 10.1 Å². The summed E-state index contributed by atoms with van der Waals surface area (Å²) in [5.74, 6) is -0.336. The Morgan fingerprint density at radius 2 is 2.08 bits per heavy atom. The first-order valence-corrected chi connectivity index (χ1v) is 4.76. The Kier molecular flexibility index (Phi) is 8.88. The summed E-state index contributed by atoms with van der Waals surface area (Å²) in [4.78, 5) is 1.71. The van der Waals surface area contributed by atoms with E-state index in [1.54, 1.807) is 18.0 Å². The topological polar surface area (TPSA) is 60.4 Å². The quantitative estimate of drug-likeness (QED) is 0.265. The van der Waals surface area contributed by atoms with Gasteiger partial charge in [0.2, 0.25) is 0 Å². The summed E-state index contributed by atoms with van der Waals surface area (Å²) in [6.07, 6.45) is 1.65. The molecular weight excluding hydrogens is 189 g/mol. The molecule has 0 atom stereocenters. The van der Waals surface area contributed by atoms with Crippen LogP contribution >= 0.6 is 0 Å². The molecule has 0 saturated carbocycles. The summed E-state index contributed by atoms with van der Waals surface area (Å²) in [5, 5.41) is 0. The molecule has 4 nitrogen and oxygen atoms in total. The predicted octanol–water partition coefficient (Wildman–Crippen LogP) is -3.35. The van der Waals surface area contributed by atoms with Crippen LogP contribution in [-0.4, -0.2) is 43.8 Å². The van der Waals surface area contributed by atoms with Crippen LogP contribution in [0.3, 0.4) is 0 Å². The minimum Gasteiger partial charge on any atom is -0.748 e. The number of likely N-dealkylation sites (N-methyl/N-ethyl adjacent to an activating group) is 1. The molecule has 0 bridgehead atoms. The Balaban J connectivity index is 0. The minimum absolute atomic E-state index is 0. The van der Waals surface area contributed by atoms with Crippen LogP contribution in [-0.2, 0) is 10.1 Å². The van der Waals surface area contributed by atoms with Crippen LogP contribution in [0.5, 0.6) is 0 Å². The number of nitrogens with zero attached hydrogens (tertiary/aromatic N) is 1. The van der Waals surface area contributed by atoms with Gasteiger partial charge in [0.15, 0.2) is 0 Å². The summed E-state index contributed by atoms with van der Waals surface area (Å²) in [5.41, 5.74) is 0. The van der Waals surface area contributed by atoms with Gasteiger partial charge in [0.1, 0.15) is 0 Å². The molecule has 0 aliphatic carbocycles. The first kappa shape index (κ1) is 15.1. The Morgan fingerprint density at radius 3 is 2.42 bits per heavy atom. The van der Waals surface area contributed by atoms with E-state index in [1.807, 2.05) is 0 Å². The number of hydrogen-bond acceptors (Lipinski definition) is 4. The average molecular weight is 201 g/mol. The van der Waals surface area contributed by atoms with Gasteiger partial charge < -0.3 is 9.45 Å². The molecule has 0 aliphatic heterocycles. The zero-order chi connectivity index (χ0) is 8.91. The first-order chi connectivity index (χ1) is 4.95. The van der Waals surface area contributed by atoms with Gasteiger partial charge in [-0.05, 0) is 7.05 Å². The van der Waals surface area contributed by atoms with Gasteiger partial charge in [-0.1, -0.05) is 6.08 Å². The van der Waals surface area contributed by atoms with Gasteiger partial charge in [0.05, 0.1) is 15.9 Å². The van der Waals surface area contributed by atoms with E-state index >= 15 is 0 Å². The summed E-state index contributed by atoms with van der Waals surface area (Å²) < 4.78 is 30.4. The molecule has 0 radical (unpaired) electrons. The molecule has 6 heteroatoms. The van der Waals surface area contributed by atoms with Gasteiger partial charge in [-0.3, -0.25) is 0 Å². The second-order valence-electron chi connectivity index (χ2n) is 2.31. The molecule has 0 heterocycles. The van der Waals surface area contributed by atoms with Crippen molar-refractivity contribution < 1.29 is 42.5 Å². The van der Waals surface area contributed by atoms with Gasteiger partial charge in [0, 0.05) is 13.1 Å². The second kappa shape index (κ2) is 7.06. The molecule has 0 saturated heterocycles. The van der Waals surface area contributed by atoms with Crippen LogP contribution < -0.4 is 29.6 Å². The standard InChI is InChI=1S/C6H13NO3S.Na/c1-3-4-7(2)5-6-11(8,9)10;/h3H,1,4-6H2,2H3,(H,8,9,10);/q;+1/p-1. The van der Waals surface area contributed by atoms with Gasteiger partial charge in [-0.15, -0.1) is 6.58 Å². The third-order valence-electron chi connectivity index (χ3n) is 1.16. The molecule has 0 rings (SSSR count). The Hall–Kier alpha value is 0.610. The van der Waals surface area contributed by atoms with Crippen LogP contribution in [0, 0.1) is 0 Å². The minimum atomic E-state index is -4.06. The van der Waals surface area contributed by atoms with Crippen LogP contribution in [0.4, 0.5) is 0 Å². The van der Waals surface area contributed by atoms with E-state index in [2.05, 4.69) is 6.58 Å². The van der Waals surface area contributed by atoms with Gasteiger partial charge >= 0.3 is 29.6 Å². The third kappa shape index (κ3) is 10.6. The molecule has 0 aromatic carbocycles. The van der Waals surface area contributed by atoms with Crippen molar-refractivity contribution in [3.8, 4) is 0 Å². The molecular formula is C6H12NNaO3S. The third-order valence-corrected chi connectivity index (χ3v) is 1.85. The molecule has 0 unspecified atom stereocenters. The fourth-order valence-electron chi connectivity index (χ4n) is 0.579. The molecule has 0 amide bonds. The Morgan fingerprint density at radius 1 is 1.58 bits per heavy atom. The largest absolute Gasteiger partial charge is 1.00 e. The fraction of sp³-hybridized carbons (Fsp3) is 0.667. The van der Waals surface area contributed by atoms with E-state index in [0.29, 0.717) is 6.54 Å². The monoisotopic (exact) mass is 201 g/mol. The Labute approximate surface area is 95.7 Å². The molecule has 0 aliphatic rings. The maximum absolute atomic E-state index is 10.1. The molecule has 0 N–H and O–H groups in total.